The molecule has 0 saturated carbocycles. The Hall–Kier alpha value is -1.98. The first-order valence-electron chi connectivity index (χ1n) is 8.43. The molecule has 0 radical (unpaired) electrons. The summed E-state index contributed by atoms with van der Waals surface area (Å²) in [6, 6.07) is 12.1. The number of para-hydroxylation sites is 1. The summed E-state index contributed by atoms with van der Waals surface area (Å²) in [6.45, 7) is 0.545. The molecule has 1 amide bonds. The lowest BCUT2D eigenvalue weighted by atomic mass is 9.92. The smallest absolute Gasteiger partial charge is 0.233 e. The Balaban J connectivity index is 1.94. The van der Waals surface area contributed by atoms with E-state index in [4.69, 9.17) is 11.6 Å². The second kappa shape index (κ2) is 6.97. The van der Waals surface area contributed by atoms with Crippen LogP contribution in [-0.2, 0) is 11.2 Å². The molecule has 0 aliphatic carbocycles. The second-order valence-corrected chi connectivity index (χ2v) is 7.64. The number of hydrogen-bond donors (Lipinski definition) is 1. The number of nitrogens with zero attached hydrogens (tertiary/aromatic N) is 1. The van der Waals surface area contributed by atoms with Gasteiger partial charge in [-0.2, -0.15) is 11.8 Å². The van der Waals surface area contributed by atoms with Crippen LogP contribution < -0.4 is 0 Å². The number of nitrogens with one attached hydrogen (secondary N) is 1. The van der Waals surface area contributed by atoms with Crippen LogP contribution in [-0.4, -0.2) is 34.3 Å². The van der Waals surface area contributed by atoms with Crippen molar-refractivity contribution in [1.29, 1.82) is 0 Å². The normalized spacial score (nSPS) is 16.7. The van der Waals surface area contributed by atoms with Crippen molar-refractivity contribution in [3.63, 3.8) is 0 Å². The molecule has 26 heavy (non-hydrogen) atoms. The largest absolute Gasteiger partial charge is 0.356 e. The number of fused-ring (bicyclic) bond motifs is 3. The Bertz CT molecular complexity index is 967. The summed E-state index contributed by atoms with van der Waals surface area (Å²) < 4.78 is 14.8. The van der Waals surface area contributed by atoms with Crippen LogP contribution in [0.1, 0.15) is 22.9 Å². The summed E-state index contributed by atoms with van der Waals surface area (Å²) in [7, 11) is 0. The Morgan fingerprint density at radius 1 is 1.31 bits per heavy atom. The molecule has 0 fully saturated rings. The molecular weight excluding hydrogens is 371 g/mol. The highest BCUT2D eigenvalue weighted by Crippen LogP contribution is 2.41. The summed E-state index contributed by atoms with van der Waals surface area (Å²) in [4.78, 5) is 17.9. The van der Waals surface area contributed by atoms with E-state index >= 15 is 0 Å². The van der Waals surface area contributed by atoms with Crippen molar-refractivity contribution in [1.82, 2.24) is 9.88 Å². The van der Waals surface area contributed by atoms with Gasteiger partial charge in [0.2, 0.25) is 5.91 Å². The van der Waals surface area contributed by atoms with Crippen LogP contribution in [0.5, 0.6) is 0 Å². The van der Waals surface area contributed by atoms with Gasteiger partial charge in [0.05, 0.1) is 5.75 Å². The lowest BCUT2D eigenvalue weighted by Gasteiger charge is -2.36. The molecule has 1 atom stereocenters. The third-order valence-electron chi connectivity index (χ3n) is 4.90. The van der Waals surface area contributed by atoms with Gasteiger partial charge in [-0.3, -0.25) is 4.79 Å². The molecule has 3 aromatic rings. The minimum Gasteiger partial charge on any atom is -0.356 e. The Morgan fingerprint density at radius 3 is 2.88 bits per heavy atom. The molecule has 0 spiro atoms. The molecule has 0 bridgehead atoms. The number of benzene rings is 2. The van der Waals surface area contributed by atoms with Crippen LogP contribution in [0, 0.1) is 5.82 Å². The summed E-state index contributed by atoms with van der Waals surface area (Å²) >= 11 is 7.85. The van der Waals surface area contributed by atoms with Gasteiger partial charge in [0.15, 0.2) is 0 Å². The number of halogens is 2. The molecule has 2 heterocycles. The number of carbonyl (C=O) groups is 1. The van der Waals surface area contributed by atoms with Crippen LogP contribution in [0.2, 0.25) is 5.02 Å². The molecule has 1 aliphatic rings. The van der Waals surface area contributed by atoms with Crippen molar-refractivity contribution in [2.24, 2.45) is 0 Å². The molecule has 0 saturated heterocycles. The number of aromatic nitrogens is 1. The van der Waals surface area contributed by atoms with Crippen LogP contribution in [0.3, 0.4) is 0 Å². The molecule has 6 heteroatoms. The molecule has 1 unspecified atom stereocenters. The van der Waals surface area contributed by atoms with E-state index in [9.17, 15) is 9.18 Å². The highest BCUT2D eigenvalue weighted by atomic mass is 35.5. The molecule has 1 N–H and O–H groups in total. The fourth-order valence-corrected chi connectivity index (χ4v) is 4.47. The quantitative estimate of drug-likeness (QED) is 0.699. The topological polar surface area (TPSA) is 36.1 Å². The van der Waals surface area contributed by atoms with Crippen molar-refractivity contribution >= 4 is 40.2 Å². The third-order valence-corrected chi connectivity index (χ3v) is 5.76. The van der Waals surface area contributed by atoms with E-state index < -0.39 is 11.9 Å². The van der Waals surface area contributed by atoms with Gasteiger partial charge < -0.3 is 9.88 Å². The average Bonchev–Trinajstić information content (AvgIpc) is 3.01. The van der Waals surface area contributed by atoms with Crippen LogP contribution >= 0.6 is 23.4 Å². The van der Waals surface area contributed by atoms with E-state index in [0.29, 0.717) is 22.9 Å². The standard InChI is InChI=1S/C20H18ClFN2OS/c1-26-11-17(25)24-10-9-13-12-5-2-3-8-16(12)23-19(13)20(24)18-14(21)6-4-7-15(18)22/h2-8,20,23H,9-11H2,1H3. The van der Waals surface area contributed by atoms with Gasteiger partial charge in [0.25, 0.3) is 0 Å². The molecule has 134 valence electrons. The number of aromatic amines is 1. The maximum absolute atomic E-state index is 14.8. The van der Waals surface area contributed by atoms with E-state index in [2.05, 4.69) is 11.1 Å². The summed E-state index contributed by atoms with van der Waals surface area (Å²) in [5.41, 5.74) is 3.35. The predicted molar refractivity (Wildman–Crippen MR) is 105 cm³/mol. The highest BCUT2D eigenvalue weighted by Gasteiger charge is 2.36. The van der Waals surface area contributed by atoms with E-state index in [1.807, 2.05) is 24.5 Å². The van der Waals surface area contributed by atoms with E-state index in [0.717, 1.165) is 28.6 Å². The fourth-order valence-electron chi connectivity index (χ4n) is 3.79. The minimum atomic E-state index is -0.542. The molecule has 3 nitrogen and oxygen atoms in total. The zero-order chi connectivity index (χ0) is 18.3. The Morgan fingerprint density at radius 2 is 2.12 bits per heavy atom. The number of hydrogen-bond acceptors (Lipinski definition) is 2. The van der Waals surface area contributed by atoms with Crippen molar-refractivity contribution < 1.29 is 9.18 Å². The number of H-pyrrole nitrogens is 1. The van der Waals surface area contributed by atoms with Crippen molar-refractivity contribution in [3.05, 3.63) is 70.1 Å². The molecule has 1 aliphatic heterocycles. The predicted octanol–water partition coefficient (Wildman–Crippen LogP) is 4.80. The molecule has 1 aromatic heterocycles. The van der Waals surface area contributed by atoms with Crippen LogP contribution in [0.15, 0.2) is 42.5 Å². The van der Waals surface area contributed by atoms with Gasteiger partial charge in [-0.05, 0) is 36.4 Å². The Labute approximate surface area is 160 Å². The van der Waals surface area contributed by atoms with Gasteiger partial charge in [0, 0.05) is 33.7 Å². The number of carbonyl (C=O) groups excluding carboxylic acids is 1. The van der Waals surface area contributed by atoms with Gasteiger partial charge in [0.1, 0.15) is 11.9 Å². The summed E-state index contributed by atoms with van der Waals surface area (Å²) in [6.07, 6.45) is 2.63. The number of amides is 1. The lowest BCUT2D eigenvalue weighted by molar-refractivity contribution is -0.130. The summed E-state index contributed by atoms with van der Waals surface area (Å²) in [5, 5.41) is 1.46. The average molecular weight is 389 g/mol. The third kappa shape index (κ3) is 2.79. The monoisotopic (exact) mass is 388 g/mol. The Kier molecular flexibility index (Phi) is 4.67. The first kappa shape index (κ1) is 17.4. The van der Waals surface area contributed by atoms with Gasteiger partial charge >= 0.3 is 0 Å². The van der Waals surface area contributed by atoms with E-state index in [1.54, 1.807) is 17.0 Å². The first-order chi connectivity index (χ1) is 12.6. The first-order valence-corrected chi connectivity index (χ1v) is 10.2. The van der Waals surface area contributed by atoms with Crippen molar-refractivity contribution in [2.45, 2.75) is 12.5 Å². The number of rotatable bonds is 3. The van der Waals surface area contributed by atoms with Crippen LogP contribution in [0.4, 0.5) is 4.39 Å². The summed E-state index contributed by atoms with van der Waals surface area (Å²) in [5.74, 6) is -0.0416. The zero-order valence-corrected chi connectivity index (χ0v) is 15.8. The van der Waals surface area contributed by atoms with Crippen LogP contribution in [0.25, 0.3) is 10.9 Å². The minimum absolute atomic E-state index is 0.00822. The second-order valence-electron chi connectivity index (χ2n) is 6.37. The molecule has 2 aromatic carbocycles. The highest BCUT2D eigenvalue weighted by molar-refractivity contribution is 7.99. The number of thioether (sulfide) groups is 1. The van der Waals surface area contributed by atoms with E-state index in [1.165, 1.54) is 17.8 Å². The maximum atomic E-state index is 14.8. The van der Waals surface area contributed by atoms with Gasteiger partial charge in [-0.15, -0.1) is 0 Å². The zero-order valence-electron chi connectivity index (χ0n) is 14.3. The van der Waals surface area contributed by atoms with E-state index in [-0.39, 0.29) is 5.91 Å². The fraction of sp³-hybridized carbons (Fsp3) is 0.250. The molecular formula is C20H18ClFN2OS. The van der Waals surface area contributed by atoms with Gasteiger partial charge in [-0.25, -0.2) is 4.39 Å². The van der Waals surface area contributed by atoms with Crippen molar-refractivity contribution in [2.75, 3.05) is 18.6 Å². The van der Waals surface area contributed by atoms with Gasteiger partial charge in [-0.1, -0.05) is 35.9 Å². The lowest BCUT2D eigenvalue weighted by Crippen LogP contribution is -2.42. The van der Waals surface area contributed by atoms with Crippen molar-refractivity contribution in [3.8, 4) is 0 Å². The maximum Gasteiger partial charge on any atom is 0.233 e. The SMILES string of the molecule is CSCC(=O)N1CCc2c([nH]c3ccccc23)C1c1c(F)cccc1Cl. The molecule has 4 rings (SSSR count).